The van der Waals surface area contributed by atoms with Crippen LogP contribution in [0.3, 0.4) is 0 Å². The summed E-state index contributed by atoms with van der Waals surface area (Å²) < 4.78 is 32.2. The Balaban J connectivity index is 2.23. The van der Waals surface area contributed by atoms with Gasteiger partial charge >= 0.3 is 0 Å². The van der Waals surface area contributed by atoms with E-state index in [0.29, 0.717) is 0 Å². The number of hydrogen-bond acceptors (Lipinski definition) is 3. The average Bonchev–Trinajstić information content (AvgIpc) is 2.41. The molecule has 2 rings (SSSR count). The molecule has 0 saturated carbocycles. The summed E-state index contributed by atoms with van der Waals surface area (Å²) in [6.45, 7) is 1.71. The van der Waals surface area contributed by atoms with E-state index in [0.717, 1.165) is 38.1 Å². The number of hydrogen-bond donors (Lipinski definition) is 2. The maximum atomic E-state index is 13.9. The average molecular weight is 256 g/mol. The molecule has 1 aromatic rings. The largest absolute Gasteiger partial charge is 0.494 e. The summed E-state index contributed by atoms with van der Waals surface area (Å²) in [5, 5.41) is 3.22. The van der Waals surface area contributed by atoms with Crippen LogP contribution in [0.5, 0.6) is 5.75 Å². The molecule has 5 heteroatoms. The van der Waals surface area contributed by atoms with E-state index in [-0.39, 0.29) is 17.2 Å². The Kier molecular flexibility index (Phi) is 4.14. The number of ether oxygens (including phenoxy) is 1. The number of nitrogens with one attached hydrogen (secondary N) is 1. The number of methoxy groups -OCH3 is 1. The lowest BCUT2D eigenvalue weighted by Gasteiger charge is -2.28. The predicted molar refractivity (Wildman–Crippen MR) is 65.4 cm³/mol. The lowest BCUT2D eigenvalue weighted by molar-refractivity contribution is 0.318. The maximum Gasteiger partial charge on any atom is 0.165 e. The smallest absolute Gasteiger partial charge is 0.165 e. The van der Waals surface area contributed by atoms with E-state index >= 15 is 0 Å². The van der Waals surface area contributed by atoms with Crippen LogP contribution in [-0.4, -0.2) is 20.2 Å². The van der Waals surface area contributed by atoms with Crippen molar-refractivity contribution >= 4 is 0 Å². The van der Waals surface area contributed by atoms with Gasteiger partial charge in [-0.25, -0.2) is 8.78 Å². The van der Waals surface area contributed by atoms with Crippen molar-refractivity contribution in [2.24, 2.45) is 11.7 Å². The van der Waals surface area contributed by atoms with Crippen molar-refractivity contribution in [1.82, 2.24) is 5.32 Å². The Morgan fingerprint density at radius 1 is 1.39 bits per heavy atom. The van der Waals surface area contributed by atoms with Crippen molar-refractivity contribution in [2.45, 2.75) is 18.9 Å². The summed E-state index contributed by atoms with van der Waals surface area (Å²) in [6, 6.07) is 1.71. The molecular formula is C13H18F2N2O. The summed E-state index contributed by atoms with van der Waals surface area (Å²) in [7, 11) is 1.31. The van der Waals surface area contributed by atoms with Crippen LogP contribution in [0, 0.1) is 17.6 Å². The SMILES string of the molecule is COc1cc(F)c(C(N)C2CCCNC2)cc1F. The predicted octanol–water partition coefficient (Wildman–Crippen LogP) is 1.97. The molecule has 1 saturated heterocycles. The highest BCUT2D eigenvalue weighted by Crippen LogP contribution is 2.30. The molecule has 1 fully saturated rings. The van der Waals surface area contributed by atoms with E-state index in [9.17, 15) is 8.78 Å². The second-order valence-electron chi connectivity index (χ2n) is 4.64. The Labute approximate surface area is 105 Å². The van der Waals surface area contributed by atoms with Gasteiger partial charge in [-0.15, -0.1) is 0 Å². The first kappa shape index (κ1) is 13.2. The van der Waals surface area contributed by atoms with Gasteiger partial charge in [0.1, 0.15) is 5.82 Å². The first-order valence-corrected chi connectivity index (χ1v) is 6.12. The second kappa shape index (κ2) is 5.63. The highest BCUT2D eigenvalue weighted by atomic mass is 19.1. The van der Waals surface area contributed by atoms with Gasteiger partial charge in [-0.05, 0) is 37.9 Å². The summed E-state index contributed by atoms with van der Waals surface area (Å²) in [6.07, 6.45) is 1.94. The lowest BCUT2D eigenvalue weighted by atomic mass is 9.87. The van der Waals surface area contributed by atoms with Crippen LogP contribution in [0.4, 0.5) is 8.78 Å². The molecule has 18 heavy (non-hydrogen) atoms. The van der Waals surface area contributed by atoms with Gasteiger partial charge in [0, 0.05) is 17.7 Å². The molecule has 0 spiro atoms. The Morgan fingerprint density at radius 2 is 2.17 bits per heavy atom. The lowest BCUT2D eigenvalue weighted by Crippen LogP contribution is -2.36. The zero-order valence-corrected chi connectivity index (χ0v) is 10.4. The Bertz CT molecular complexity index is 420. The van der Waals surface area contributed by atoms with Crippen molar-refractivity contribution in [2.75, 3.05) is 20.2 Å². The Hall–Kier alpha value is -1.20. The van der Waals surface area contributed by atoms with Crippen molar-refractivity contribution in [3.05, 3.63) is 29.3 Å². The standard InChI is InChI=1S/C13H18F2N2O/c1-18-12-6-10(14)9(5-11(12)15)13(16)8-3-2-4-17-7-8/h5-6,8,13,17H,2-4,7,16H2,1H3. The van der Waals surface area contributed by atoms with Gasteiger partial charge < -0.3 is 15.8 Å². The van der Waals surface area contributed by atoms with Crippen LogP contribution in [0.25, 0.3) is 0 Å². The number of halogens is 2. The van der Waals surface area contributed by atoms with E-state index in [4.69, 9.17) is 10.5 Å². The molecule has 0 aromatic heterocycles. The van der Waals surface area contributed by atoms with Crippen LogP contribution < -0.4 is 15.8 Å². The first-order chi connectivity index (χ1) is 8.63. The van der Waals surface area contributed by atoms with Gasteiger partial charge in [-0.2, -0.15) is 0 Å². The third-order valence-electron chi connectivity index (χ3n) is 3.47. The molecule has 100 valence electrons. The molecule has 1 aliphatic heterocycles. The zero-order valence-electron chi connectivity index (χ0n) is 10.4. The number of nitrogens with two attached hydrogens (primary N) is 1. The summed E-state index contributed by atoms with van der Waals surface area (Å²) >= 11 is 0. The van der Waals surface area contributed by atoms with Crippen molar-refractivity contribution in [3.8, 4) is 5.75 Å². The minimum Gasteiger partial charge on any atom is -0.494 e. The molecule has 2 unspecified atom stereocenters. The van der Waals surface area contributed by atoms with Crippen LogP contribution in [0.15, 0.2) is 12.1 Å². The van der Waals surface area contributed by atoms with Gasteiger partial charge in [0.2, 0.25) is 0 Å². The third-order valence-corrected chi connectivity index (χ3v) is 3.47. The van der Waals surface area contributed by atoms with Crippen LogP contribution >= 0.6 is 0 Å². The second-order valence-corrected chi connectivity index (χ2v) is 4.64. The molecule has 2 atom stereocenters. The fourth-order valence-electron chi connectivity index (χ4n) is 2.40. The van der Waals surface area contributed by atoms with Gasteiger partial charge in [0.05, 0.1) is 7.11 Å². The Morgan fingerprint density at radius 3 is 2.78 bits per heavy atom. The molecule has 0 radical (unpaired) electrons. The quantitative estimate of drug-likeness (QED) is 0.869. The molecule has 1 aromatic carbocycles. The normalized spacial score (nSPS) is 21.7. The zero-order chi connectivity index (χ0) is 13.1. The van der Waals surface area contributed by atoms with Crippen LogP contribution in [0.1, 0.15) is 24.4 Å². The van der Waals surface area contributed by atoms with E-state index in [1.807, 2.05) is 0 Å². The first-order valence-electron chi connectivity index (χ1n) is 6.12. The summed E-state index contributed by atoms with van der Waals surface area (Å²) in [4.78, 5) is 0. The molecule has 0 amide bonds. The molecule has 3 nitrogen and oxygen atoms in total. The van der Waals surface area contributed by atoms with Gasteiger partial charge in [0.15, 0.2) is 11.6 Å². The fraction of sp³-hybridized carbons (Fsp3) is 0.538. The highest BCUT2D eigenvalue weighted by Gasteiger charge is 2.25. The molecule has 3 N–H and O–H groups in total. The molecule has 1 aliphatic rings. The fourth-order valence-corrected chi connectivity index (χ4v) is 2.40. The number of piperidine rings is 1. The van der Waals surface area contributed by atoms with Crippen molar-refractivity contribution < 1.29 is 13.5 Å². The number of benzene rings is 1. The minimum absolute atomic E-state index is 0.0924. The van der Waals surface area contributed by atoms with Crippen molar-refractivity contribution in [3.63, 3.8) is 0 Å². The molecule has 0 aliphatic carbocycles. The molecule has 1 heterocycles. The van der Waals surface area contributed by atoms with Gasteiger partial charge in [0.25, 0.3) is 0 Å². The summed E-state index contributed by atoms with van der Waals surface area (Å²) in [5.41, 5.74) is 6.27. The third kappa shape index (κ3) is 2.62. The van der Waals surface area contributed by atoms with Crippen LogP contribution in [0.2, 0.25) is 0 Å². The van der Waals surface area contributed by atoms with Crippen LogP contribution in [-0.2, 0) is 0 Å². The minimum atomic E-state index is -0.576. The van der Waals surface area contributed by atoms with E-state index < -0.39 is 17.7 Å². The van der Waals surface area contributed by atoms with Crippen molar-refractivity contribution in [1.29, 1.82) is 0 Å². The molecule has 0 bridgehead atoms. The monoisotopic (exact) mass is 256 g/mol. The van der Waals surface area contributed by atoms with Gasteiger partial charge in [-0.3, -0.25) is 0 Å². The summed E-state index contributed by atoms with van der Waals surface area (Å²) in [5.74, 6) is -1.04. The topological polar surface area (TPSA) is 47.3 Å². The van der Waals surface area contributed by atoms with E-state index in [1.54, 1.807) is 0 Å². The maximum absolute atomic E-state index is 13.9. The van der Waals surface area contributed by atoms with E-state index in [1.165, 1.54) is 7.11 Å². The van der Waals surface area contributed by atoms with E-state index in [2.05, 4.69) is 5.32 Å². The molecular weight excluding hydrogens is 238 g/mol. The highest BCUT2D eigenvalue weighted by molar-refractivity contribution is 5.32. The number of rotatable bonds is 3. The van der Waals surface area contributed by atoms with Gasteiger partial charge in [-0.1, -0.05) is 0 Å².